The Kier molecular flexibility index (Phi) is 3.78. The van der Waals surface area contributed by atoms with Crippen LogP contribution in [0.5, 0.6) is 0 Å². The molecule has 2 aromatic rings. The Labute approximate surface area is 157 Å². The summed E-state index contributed by atoms with van der Waals surface area (Å²) < 4.78 is 68.1. The predicted molar refractivity (Wildman–Crippen MR) is 90.6 cm³/mol. The molecular formula is C16H19F3N6O2. The second kappa shape index (κ2) is 6.71. The summed E-state index contributed by atoms with van der Waals surface area (Å²) >= 11 is 0. The fourth-order valence-electron chi connectivity index (χ4n) is 2.65. The van der Waals surface area contributed by atoms with Crippen LogP contribution in [-0.4, -0.2) is 38.9 Å². The van der Waals surface area contributed by atoms with E-state index in [-0.39, 0.29) is 30.6 Å². The Morgan fingerprint density at radius 3 is 2.85 bits per heavy atom. The quantitative estimate of drug-likeness (QED) is 0.762. The van der Waals surface area contributed by atoms with Gasteiger partial charge in [0.2, 0.25) is 5.95 Å². The summed E-state index contributed by atoms with van der Waals surface area (Å²) in [5.74, 6) is -1.36. The van der Waals surface area contributed by atoms with Crippen LogP contribution in [0, 0.1) is 0 Å². The molecule has 2 aromatic heterocycles. The van der Waals surface area contributed by atoms with E-state index >= 15 is 0 Å². The lowest BCUT2D eigenvalue weighted by atomic mass is 9.85. The number of alkyl halides is 3. The Morgan fingerprint density at radius 2 is 2.26 bits per heavy atom. The van der Waals surface area contributed by atoms with Gasteiger partial charge >= 0.3 is 12.1 Å². The molecule has 0 bridgehead atoms. The van der Waals surface area contributed by atoms with Gasteiger partial charge in [0.25, 0.3) is 0 Å². The van der Waals surface area contributed by atoms with Crippen molar-refractivity contribution in [3.63, 3.8) is 0 Å². The van der Waals surface area contributed by atoms with Crippen molar-refractivity contribution in [1.29, 1.82) is 0 Å². The Hall–Kier alpha value is -2.85. The maximum Gasteiger partial charge on any atom is 0.421 e. The van der Waals surface area contributed by atoms with Crippen LogP contribution >= 0.6 is 0 Å². The summed E-state index contributed by atoms with van der Waals surface area (Å²) in [7, 11) is 0. The molecule has 146 valence electrons. The van der Waals surface area contributed by atoms with Crippen LogP contribution < -0.4 is 10.6 Å². The van der Waals surface area contributed by atoms with E-state index in [0.29, 0.717) is 17.3 Å². The van der Waals surface area contributed by atoms with Gasteiger partial charge in [-0.15, -0.1) is 0 Å². The third-order valence-corrected chi connectivity index (χ3v) is 4.24. The van der Waals surface area contributed by atoms with E-state index in [2.05, 4.69) is 25.7 Å². The minimum atomic E-state index is -4.67. The molecule has 0 radical (unpaired) electrons. The highest BCUT2D eigenvalue weighted by Gasteiger charge is 2.44. The highest BCUT2D eigenvalue weighted by atomic mass is 19.4. The molecule has 2 N–H and O–H groups in total. The number of rotatable bonds is 5. The number of nitrogens with one attached hydrogen (secondary N) is 2. The van der Waals surface area contributed by atoms with E-state index in [1.807, 2.05) is 0 Å². The number of ether oxygens (including phenoxy) is 1. The monoisotopic (exact) mass is 387 g/mol. The average molecular weight is 387 g/mol. The molecule has 11 heteroatoms. The summed E-state index contributed by atoms with van der Waals surface area (Å²) in [5.41, 5.74) is -2.04. The summed E-state index contributed by atoms with van der Waals surface area (Å²) in [6.45, 7) is 0.808. The molecule has 1 aliphatic heterocycles. The maximum atomic E-state index is 13.1. The van der Waals surface area contributed by atoms with Gasteiger partial charge in [0, 0.05) is 36.3 Å². The molecule has 0 saturated carbocycles. The van der Waals surface area contributed by atoms with Crippen LogP contribution in [0.3, 0.4) is 0 Å². The SMILES string of the molecule is [2H]C([2H])([2H])n1nc([C@]2(C)CCOC2=O)cc1Nc1ncc(C(F)(F)F)c(NCC)n1. The number of aryl methyl sites for hydroxylation is 1. The number of aromatic nitrogens is 4. The van der Waals surface area contributed by atoms with E-state index < -0.39 is 35.9 Å². The first-order valence-corrected chi connectivity index (χ1v) is 8.09. The molecule has 0 amide bonds. The van der Waals surface area contributed by atoms with E-state index in [1.165, 1.54) is 6.07 Å². The fraction of sp³-hybridized carbons (Fsp3) is 0.500. The third kappa shape index (κ3) is 3.53. The van der Waals surface area contributed by atoms with E-state index in [4.69, 9.17) is 8.85 Å². The van der Waals surface area contributed by atoms with Gasteiger partial charge in [-0.3, -0.25) is 9.48 Å². The second-order valence-electron chi connectivity index (χ2n) is 6.15. The van der Waals surface area contributed by atoms with E-state index in [9.17, 15) is 18.0 Å². The standard InChI is InChI=1S/C16H19F3N6O2/c1-4-20-12-9(16(17,18)19)8-21-14(23-12)22-11-7-10(24-25(11)3)15(2)5-6-27-13(15)26/h7-8H,4-6H2,1-3H3,(H2,20,21,22,23)/t15-/m0/s1/i3D3. The largest absolute Gasteiger partial charge is 0.465 e. The molecule has 0 aliphatic carbocycles. The lowest BCUT2D eigenvalue weighted by Crippen LogP contribution is -2.28. The second-order valence-corrected chi connectivity index (χ2v) is 6.15. The fourth-order valence-corrected chi connectivity index (χ4v) is 2.65. The van der Waals surface area contributed by atoms with Gasteiger partial charge in [-0.25, -0.2) is 4.98 Å². The van der Waals surface area contributed by atoms with Gasteiger partial charge < -0.3 is 15.4 Å². The number of hydrogen-bond acceptors (Lipinski definition) is 7. The third-order valence-electron chi connectivity index (χ3n) is 4.24. The molecule has 3 rings (SSSR count). The summed E-state index contributed by atoms with van der Waals surface area (Å²) in [6.07, 6.45) is -3.76. The number of hydrogen-bond donors (Lipinski definition) is 2. The summed E-state index contributed by atoms with van der Waals surface area (Å²) in [4.78, 5) is 19.6. The zero-order chi connectivity index (χ0) is 22.3. The minimum Gasteiger partial charge on any atom is -0.465 e. The molecule has 0 aromatic carbocycles. The number of cyclic esters (lactones) is 1. The smallest absolute Gasteiger partial charge is 0.421 e. The first kappa shape index (κ1) is 15.2. The Bertz CT molecular complexity index is 963. The lowest BCUT2D eigenvalue weighted by Gasteiger charge is -2.14. The van der Waals surface area contributed by atoms with Gasteiger partial charge in [0.15, 0.2) is 0 Å². The zero-order valence-electron chi connectivity index (χ0n) is 17.5. The zero-order valence-corrected chi connectivity index (χ0v) is 14.5. The molecule has 1 saturated heterocycles. The van der Waals surface area contributed by atoms with Gasteiger partial charge in [-0.2, -0.15) is 23.3 Å². The molecular weight excluding hydrogens is 365 g/mol. The van der Waals surface area contributed by atoms with Crippen LogP contribution in [0.15, 0.2) is 12.3 Å². The van der Waals surface area contributed by atoms with Gasteiger partial charge in [0.1, 0.15) is 22.6 Å². The normalized spacial score (nSPS) is 22.0. The van der Waals surface area contributed by atoms with Crippen molar-refractivity contribution in [2.24, 2.45) is 6.98 Å². The molecule has 0 unspecified atom stereocenters. The minimum absolute atomic E-state index is 0.104. The van der Waals surface area contributed by atoms with Crippen molar-refractivity contribution < 1.29 is 26.8 Å². The predicted octanol–water partition coefficient (Wildman–Crippen LogP) is 2.61. The van der Waals surface area contributed by atoms with Crippen molar-refractivity contribution >= 4 is 23.6 Å². The van der Waals surface area contributed by atoms with Crippen molar-refractivity contribution in [1.82, 2.24) is 19.7 Å². The van der Waals surface area contributed by atoms with Crippen LogP contribution in [0.2, 0.25) is 0 Å². The van der Waals surface area contributed by atoms with Crippen molar-refractivity contribution in [3.8, 4) is 0 Å². The topological polar surface area (TPSA) is 94.0 Å². The van der Waals surface area contributed by atoms with Gasteiger partial charge in [-0.1, -0.05) is 0 Å². The summed E-state index contributed by atoms with van der Waals surface area (Å²) in [6, 6.07) is 1.33. The number of carbonyl (C=O) groups is 1. The van der Waals surface area contributed by atoms with Gasteiger partial charge in [0.05, 0.1) is 12.3 Å². The van der Waals surface area contributed by atoms with E-state index in [1.54, 1.807) is 13.8 Å². The Morgan fingerprint density at radius 1 is 1.48 bits per heavy atom. The van der Waals surface area contributed by atoms with Crippen LogP contribution in [-0.2, 0) is 28.1 Å². The number of carbonyl (C=O) groups excluding carboxylic acids is 1. The van der Waals surface area contributed by atoms with Crippen molar-refractivity contribution in [3.05, 3.63) is 23.5 Å². The number of halogens is 3. The van der Waals surface area contributed by atoms with Crippen molar-refractivity contribution in [2.75, 3.05) is 23.8 Å². The average Bonchev–Trinajstić information content (AvgIpc) is 3.19. The van der Waals surface area contributed by atoms with Crippen LogP contribution in [0.4, 0.5) is 30.8 Å². The number of anilines is 3. The summed E-state index contributed by atoms with van der Waals surface area (Å²) in [5, 5.41) is 9.14. The molecule has 1 fully saturated rings. The molecule has 27 heavy (non-hydrogen) atoms. The maximum absolute atomic E-state index is 13.1. The molecule has 1 aliphatic rings. The van der Waals surface area contributed by atoms with Gasteiger partial charge in [-0.05, 0) is 13.8 Å². The molecule has 3 heterocycles. The lowest BCUT2D eigenvalue weighted by molar-refractivity contribution is -0.142. The van der Waals surface area contributed by atoms with E-state index in [0.717, 1.165) is 0 Å². The van der Waals surface area contributed by atoms with Crippen molar-refractivity contribution in [2.45, 2.75) is 31.9 Å². The molecule has 0 spiro atoms. The molecule has 8 nitrogen and oxygen atoms in total. The number of esters is 1. The van der Waals surface area contributed by atoms with Crippen LogP contribution in [0.1, 0.15) is 35.6 Å². The number of nitrogens with zero attached hydrogens (tertiary/aromatic N) is 4. The molecule has 1 atom stereocenters. The first-order chi connectivity index (χ1) is 13.9. The van der Waals surface area contributed by atoms with Crippen LogP contribution in [0.25, 0.3) is 0 Å². The Balaban J connectivity index is 2.02. The first-order valence-electron chi connectivity index (χ1n) is 9.59. The highest BCUT2D eigenvalue weighted by Crippen LogP contribution is 2.36. The highest BCUT2D eigenvalue weighted by molar-refractivity contribution is 5.84.